The molecule has 2 N–H and O–H groups in total. The molecule has 5 rings (SSSR count). The number of benzene rings is 1. The van der Waals surface area contributed by atoms with Crippen molar-refractivity contribution in [1.82, 2.24) is 19.8 Å². The summed E-state index contributed by atoms with van der Waals surface area (Å²) in [6.07, 6.45) is 5.23. The number of piperidine rings is 1. The van der Waals surface area contributed by atoms with Crippen molar-refractivity contribution < 1.29 is 9.18 Å². The molecule has 1 amide bonds. The van der Waals surface area contributed by atoms with Gasteiger partial charge in [0.1, 0.15) is 10.5 Å². The number of rotatable bonds is 7. The first-order valence-electron chi connectivity index (χ1n) is 12.9. The maximum atomic E-state index is 13.9. The number of amides is 1. The van der Waals surface area contributed by atoms with E-state index in [1.54, 1.807) is 12.1 Å². The number of nitrogens with zero attached hydrogens (tertiary/aromatic N) is 2. The number of halogens is 1. The Morgan fingerprint density at radius 1 is 1.03 bits per heavy atom. The fourth-order valence-corrected chi connectivity index (χ4v) is 6.40. The largest absolute Gasteiger partial charge is 0.356 e. The minimum Gasteiger partial charge on any atom is -0.356 e. The van der Waals surface area contributed by atoms with Crippen LogP contribution < -0.4 is 16.6 Å². The van der Waals surface area contributed by atoms with E-state index in [9.17, 15) is 18.8 Å². The molecule has 1 aliphatic carbocycles. The van der Waals surface area contributed by atoms with Gasteiger partial charge in [-0.3, -0.25) is 19.1 Å². The first-order chi connectivity index (χ1) is 17.5. The molecule has 1 aliphatic heterocycles. The normalized spacial score (nSPS) is 21.6. The third-order valence-corrected chi connectivity index (χ3v) is 8.78. The highest BCUT2D eigenvalue weighted by Gasteiger charge is 2.28. The smallest absolute Gasteiger partial charge is 0.328 e. The molecule has 3 aromatic rings. The summed E-state index contributed by atoms with van der Waals surface area (Å²) in [5, 5.41) is 4.98. The second kappa shape index (κ2) is 11.1. The molecule has 3 heterocycles. The number of carbonyl (C=O) groups excluding carboxylic acids is 1. The molecule has 36 heavy (non-hydrogen) atoms. The van der Waals surface area contributed by atoms with Gasteiger partial charge in [0.2, 0.25) is 5.91 Å². The number of aromatic nitrogens is 2. The van der Waals surface area contributed by atoms with Gasteiger partial charge in [0, 0.05) is 31.1 Å². The van der Waals surface area contributed by atoms with Gasteiger partial charge in [-0.25, -0.2) is 9.18 Å². The molecule has 1 saturated heterocycles. The summed E-state index contributed by atoms with van der Waals surface area (Å²) >= 11 is 1.35. The van der Waals surface area contributed by atoms with Crippen molar-refractivity contribution in [3.63, 3.8) is 0 Å². The van der Waals surface area contributed by atoms with Gasteiger partial charge in [-0.05, 0) is 81.0 Å². The van der Waals surface area contributed by atoms with Crippen molar-refractivity contribution in [3.8, 4) is 0 Å². The predicted molar refractivity (Wildman–Crippen MR) is 140 cm³/mol. The minimum absolute atomic E-state index is 0.00261. The van der Waals surface area contributed by atoms with Crippen LogP contribution in [0.4, 0.5) is 4.39 Å². The van der Waals surface area contributed by atoms with Crippen LogP contribution in [0.25, 0.3) is 10.2 Å². The van der Waals surface area contributed by atoms with Gasteiger partial charge in [-0.1, -0.05) is 18.2 Å². The number of fused-ring (bicyclic) bond motifs is 1. The van der Waals surface area contributed by atoms with Crippen LogP contribution in [0, 0.1) is 23.6 Å². The fraction of sp³-hybridized carbons (Fsp3) is 0.519. The Labute approximate surface area is 213 Å². The summed E-state index contributed by atoms with van der Waals surface area (Å²) in [4.78, 5) is 43.0. The lowest BCUT2D eigenvalue weighted by Crippen LogP contribution is -2.41. The minimum atomic E-state index is -0.356. The Morgan fingerprint density at radius 3 is 2.53 bits per heavy atom. The second-order valence-corrected chi connectivity index (χ2v) is 11.2. The molecule has 1 saturated carbocycles. The highest BCUT2D eigenvalue weighted by Crippen LogP contribution is 2.30. The molecule has 1 aromatic carbocycles. The Balaban J connectivity index is 1.04. The highest BCUT2D eigenvalue weighted by molar-refractivity contribution is 7.17. The van der Waals surface area contributed by atoms with Gasteiger partial charge in [-0.2, -0.15) is 0 Å². The Morgan fingerprint density at radius 2 is 1.78 bits per heavy atom. The number of thiophene rings is 1. The maximum Gasteiger partial charge on any atom is 0.328 e. The van der Waals surface area contributed by atoms with Crippen LogP contribution in [0.1, 0.15) is 44.1 Å². The SMILES string of the molecule is O=C(NCC1CCN(Cc2ccccc2F)CC1)C1CCC(Cn2c(=O)[nH]c3ccsc3c2=O)CC1. The first-order valence-corrected chi connectivity index (χ1v) is 13.8. The van der Waals surface area contributed by atoms with E-state index in [-0.39, 0.29) is 34.8 Å². The third-order valence-electron chi connectivity index (χ3n) is 7.87. The third kappa shape index (κ3) is 5.62. The van der Waals surface area contributed by atoms with E-state index in [0.717, 1.165) is 57.2 Å². The van der Waals surface area contributed by atoms with E-state index >= 15 is 0 Å². The summed E-state index contributed by atoms with van der Waals surface area (Å²) in [7, 11) is 0. The standard InChI is InChI=1S/C27H33FN4O3S/c28-22-4-2-1-3-21(22)17-31-12-9-18(10-13-31)15-29-25(33)20-7-5-19(6-8-20)16-32-26(34)24-23(11-14-36-24)30-27(32)35/h1-4,11,14,18-20H,5-10,12-13,15-17H2,(H,29,33)(H,30,35). The van der Waals surface area contributed by atoms with Crippen molar-refractivity contribution in [1.29, 1.82) is 0 Å². The fourth-order valence-electron chi connectivity index (χ4n) is 5.61. The molecule has 2 fully saturated rings. The number of aromatic amines is 1. The average Bonchev–Trinajstić information content (AvgIpc) is 3.36. The Bertz CT molecular complexity index is 1320. The monoisotopic (exact) mass is 512 g/mol. The van der Waals surface area contributed by atoms with E-state index in [1.807, 2.05) is 17.5 Å². The number of hydrogen-bond acceptors (Lipinski definition) is 5. The molecule has 0 radical (unpaired) electrons. The maximum absolute atomic E-state index is 13.9. The van der Waals surface area contributed by atoms with Crippen molar-refractivity contribution in [2.45, 2.75) is 51.6 Å². The van der Waals surface area contributed by atoms with Gasteiger partial charge >= 0.3 is 5.69 Å². The molecule has 7 nitrogen and oxygen atoms in total. The summed E-state index contributed by atoms with van der Waals surface area (Å²) in [6.45, 7) is 3.55. The van der Waals surface area contributed by atoms with Crippen molar-refractivity contribution in [2.24, 2.45) is 17.8 Å². The molecular weight excluding hydrogens is 479 g/mol. The first kappa shape index (κ1) is 24.9. The number of likely N-dealkylation sites (tertiary alicyclic amines) is 1. The van der Waals surface area contributed by atoms with Crippen LogP contribution in [0.15, 0.2) is 45.3 Å². The van der Waals surface area contributed by atoms with Gasteiger partial charge < -0.3 is 10.3 Å². The summed E-state index contributed by atoms with van der Waals surface area (Å²) in [6, 6.07) is 8.70. The van der Waals surface area contributed by atoms with Gasteiger partial charge in [-0.15, -0.1) is 11.3 Å². The number of hydrogen-bond donors (Lipinski definition) is 2. The summed E-state index contributed by atoms with van der Waals surface area (Å²) in [5.74, 6) is 0.649. The van der Waals surface area contributed by atoms with Crippen LogP contribution in [-0.2, 0) is 17.9 Å². The van der Waals surface area contributed by atoms with Gasteiger partial charge in [0.25, 0.3) is 5.56 Å². The zero-order valence-corrected chi connectivity index (χ0v) is 21.2. The molecule has 2 aromatic heterocycles. The van der Waals surface area contributed by atoms with E-state index < -0.39 is 0 Å². The summed E-state index contributed by atoms with van der Waals surface area (Å²) < 4.78 is 15.8. The Hall–Kier alpha value is -2.78. The highest BCUT2D eigenvalue weighted by atomic mass is 32.1. The molecule has 9 heteroatoms. The molecule has 192 valence electrons. The van der Waals surface area contributed by atoms with E-state index in [4.69, 9.17) is 0 Å². The lowest BCUT2D eigenvalue weighted by atomic mass is 9.81. The lowest BCUT2D eigenvalue weighted by Gasteiger charge is -2.33. The molecule has 0 bridgehead atoms. The lowest BCUT2D eigenvalue weighted by molar-refractivity contribution is -0.126. The molecule has 0 spiro atoms. The van der Waals surface area contributed by atoms with Gasteiger partial charge in [0.15, 0.2) is 0 Å². The van der Waals surface area contributed by atoms with Crippen LogP contribution in [0.2, 0.25) is 0 Å². The van der Waals surface area contributed by atoms with Crippen LogP contribution in [0.3, 0.4) is 0 Å². The summed E-state index contributed by atoms with van der Waals surface area (Å²) in [5.41, 5.74) is 0.762. The van der Waals surface area contributed by atoms with Crippen molar-refractivity contribution >= 4 is 27.5 Å². The van der Waals surface area contributed by atoms with Gasteiger partial charge in [0.05, 0.1) is 5.52 Å². The van der Waals surface area contributed by atoms with Crippen LogP contribution >= 0.6 is 11.3 Å². The van der Waals surface area contributed by atoms with Crippen molar-refractivity contribution in [3.05, 3.63) is 67.9 Å². The molecular formula is C27H33FN4O3S. The van der Waals surface area contributed by atoms with Crippen molar-refractivity contribution in [2.75, 3.05) is 19.6 Å². The number of H-pyrrole nitrogens is 1. The molecule has 0 atom stereocenters. The van der Waals surface area contributed by atoms with Crippen LogP contribution in [-0.4, -0.2) is 40.0 Å². The van der Waals surface area contributed by atoms with E-state index in [1.165, 1.54) is 22.0 Å². The predicted octanol–water partition coefficient (Wildman–Crippen LogP) is 3.73. The second-order valence-electron chi connectivity index (χ2n) is 10.3. The quantitative estimate of drug-likeness (QED) is 0.505. The number of nitrogens with one attached hydrogen (secondary N) is 2. The van der Waals surface area contributed by atoms with E-state index in [2.05, 4.69) is 15.2 Å². The topological polar surface area (TPSA) is 87.2 Å². The Kier molecular flexibility index (Phi) is 7.67. The molecule has 0 unspecified atom stereocenters. The number of carbonyl (C=O) groups is 1. The zero-order valence-electron chi connectivity index (χ0n) is 20.4. The average molecular weight is 513 g/mol. The van der Waals surface area contributed by atoms with Crippen LogP contribution in [0.5, 0.6) is 0 Å². The van der Waals surface area contributed by atoms with E-state index in [0.29, 0.717) is 35.8 Å². The molecule has 2 aliphatic rings. The zero-order chi connectivity index (χ0) is 25.1.